The van der Waals surface area contributed by atoms with Crippen LogP contribution in [0.3, 0.4) is 0 Å². The summed E-state index contributed by atoms with van der Waals surface area (Å²) >= 11 is 0. The number of para-hydroxylation sites is 1. The number of pyridine rings is 2. The Hall–Kier alpha value is -3.53. The van der Waals surface area contributed by atoms with Gasteiger partial charge in [-0.3, -0.25) is 4.98 Å². The number of nitrogens with one attached hydrogen (secondary N) is 1. The molecule has 2 aromatic heterocycles. The minimum atomic E-state index is -0.251. The molecule has 0 bridgehead atoms. The minimum absolute atomic E-state index is 0.251. The highest BCUT2D eigenvalue weighted by Gasteiger charge is 2.12. The van der Waals surface area contributed by atoms with E-state index in [4.69, 9.17) is 4.98 Å². The van der Waals surface area contributed by atoms with E-state index in [1.165, 1.54) is 12.1 Å². The summed E-state index contributed by atoms with van der Waals surface area (Å²) in [5, 5.41) is 7.62. The number of benzene rings is 3. The Bertz CT molecular complexity index is 1260. The van der Waals surface area contributed by atoms with E-state index in [-0.39, 0.29) is 5.82 Å². The molecule has 3 nitrogen and oxygen atoms in total. The molecule has 0 aliphatic carbocycles. The molecule has 3 aromatic carbocycles. The predicted octanol–water partition coefficient (Wildman–Crippen LogP) is 5.82. The van der Waals surface area contributed by atoms with E-state index < -0.39 is 0 Å². The number of hydrogen-bond donors (Lipinski definition) is 1. The van der Waals surface area contributed by atoms with Gasteiger partial charge in [0.15, 0.2) is 0 Å². The lowest BCUT2D eigenvalue weighted by molar-refractivity contribution is 0.628. The molecule has 0 radical (unpaired) electrons. The third-order valence-electron chi connectivity index (χ3n) is 4.58. The summed E-state index contributed by atoms with van der Waals surface area (Å²) in [5.74, 6) is -0.251. The number of nitrogens with zero attached hydrogens (tertiary/aromatic N) is 2. The number of aromatic nitrogens is 2. The highest BCUT2D eigenvalue weighted by molar-refractivity contribution is 6.16. The van der Waals surface area contributed by atoms with E-state index in [9.17, 15) is 4.39 Å². The van der Waals surface area contributed by atoms with Crippen LogP contribution in [0.4, 0.5) is 15.8 Å². The Morgan fingerprint density at radius 1 is 0.769 bits per heavy atom. The lowest BCUT2D eigenvalue weighted by atomic mass is 10.0. The van der Waals surface area contributed by atoms with Gasteiger partial charge in [0.1, 0.15) is 5.82 Å². The fourth-order valence-electron chi connectivity index (χ4n) is 3.33. The molecule has 0 unspecified atom stereocenters. The maximum atomic E-state index is 13.3. The molecule has 0 aliphatic rings. The first-order valence-corrected chi connectivity index (χ1v) is 8.37. The average molecular weight is 339 g/mol. The summed E-state index contributed by atoms with van der Waals surface area (Å²) in [7, 11) is 0. The molecule has 0 spiro atoms. The van der Waals surface area contributed by atoms with E-state index in [1.54, 1.807) is 18.3 Å². The van der Waals surface area contributed by atoms with Crippen LogP contribution in [0.2, 0.25) is 0 Å². The van der Waals surface area contributed by atoms with E-state index >= 15 is 0 Å². The second-order valence-corrected chi connectivity index (χ2v) is 6.19. The molecule has 0 saturated heterocycles. The Kier molecular flexibility index (Phi) is 3.28. The van der Waals surface area contributed by atoms with E-state index in [1.807, 2.05) is 36.5 Å². The van der Waals surface area contributed by atoms with Gasteiger partial charge in [0.05, 0.1) is 16.7 Å². The lowest BCUT2D eigenvalue weighted by Gasteiger charge is -2.14. The molecule has 0 atom stereocenters. The van der Waals surface area contributed by atoms with Gasteiger partial charge in [0.2, 0.25) is 0 Å². The second-order valence-electron chi connectivity index (χ2n) is 6.19. The SMILES string of the molecule is Fc1ccc(Nc2c3ccccc3nc3c2ccc2cnccc23)cc1. The van der Waals surface area contributed by atoms with E-state index in [2.05, 4.69) is 22.4 Å². The number of hydrogen-bond acceptors (Lipinski definition) is 3. The van der Waals surface area contributed by atoms with Crippen molar-refractivity contribution in [3.8, 4) is 0 Å². The molecular formula is C22H14FN3. The topological polar surface area (TPSA) is 37.8 Å². The maximum absolute atomic E-state index is 13.3. The molecule has 4 heteroatoms. The zero-order valence-corrected chi connectivity index (χ0v) is 13.8. The molecular weight excluding hydrogens is 325 g/mol. The molecule has 0 saturated carbocycles. The van der Waals surface area contributed by atoms with Gasteiger partial charge in [-0.2, -0.15) is 0 Å². The van der Waals surface area contributed by atoms with Gasteiger partial charge in [-0.05, 0) is 42.5 Å². The summed E-state index contributed by atoms with van der Waals surface area (Å²) in [6, 6.07) is 20.5. The van der Waals surface area contributed by atoms with Crippen molar-refractivity contribution in [2.45, 2.75) is 0 Å². The van der Waals surface area contributed by atoms with Crippen LogP contribution in [0.5, 0.6) is 0 Å². The third-order valence-corrected chi connectivity index (χ3v) is 4.58. The molecule has 0 amide bonds. The summed E-state index contributed by atoms with van der Waals surface area (Å²) in [4.78, 5) is 9.10. The van der Waals surface area contributed by atoms with Crippen LogP contribution in [-0.2, 0) is 0 Å². The summed E-state index contributed by atoms with van der Waals surface area (Å²) in [5.41, 5.74) is 3.64. The summed E-state index contributed by atoms with van der Waals surface area (Å²) in [6.45, 7) is 0. The second kappa shape index (κ2) is 5.77. The molecule has 5 rings (SSSR count). The first-order chi connectivity index (χ1) is 12.8. The van der Waals surface area contributed by atoms with Crippen LogP contribution in [0.25, 0.3) is 32.6 Å². The molecule has 5 aromatic rings. The molecule has 1 N–H and O–H groups in total. The highest BCUT2D eigenvalue weighted by atomic mass is 19.1. The van der Waals surface area contributed by atoms with Crippen LogP contribution >= 0.6 is 0 Å². The Labute approximate surface area is 149 Å². The van der Waals surface area contributed by atoms with Gasteiger partial charge in [-0.25, -0.2) is 9.37 Å². The number of rotatable bonds is 2. The van der Waals surface area contributed by atoms with Crippen molar-refractivity contribution >= 4 is 44.0 Å². The molecule has 0 aliphatic heterocycles. The third kappa shape index (κ3) is 2.35. The Morgan fingerprint density at radius 2 is 1.62 bits per heavy atom. The van der Waals surface area contributed by atoms with E-state index in [0.29, 0.717) is 0 Å². The highest BCUT2D eigenvalue weighted by Crippen LogP contribution is 2.36. The van der Waals surface area contributed by atoms with Crippen molar-refractivity contribution in [3.05, 3.63) is 84.9 Å². The van der Waals surface area contributed by atoms with E-state index in [0.717, 1.165) is 44.0 Å². The van der Waals surface area contributed by atoms with Gasteiger partial charge in [0, 0.05) is 39.6 Å². The van der Waals surface area contributed by atoms with Crippen LogP contribution in [0.1, 0.15) is 0 Å². The van der Waals surface area contributed by atoms with Gasteiger partial charge in [-0.15, -0.1) is 0 Å². The molecule has 0 fully saturated rings. The van der Waals surface area contributed by atoms with Crippen LogP contribution in [-0.4, -0.2) is 9.97 Å². The Morgan fingerprint density at radius 3 is 2.50 bits per heavy atom. The monoisotopic (exact) mass is 339 g/mol. The Balaban J connectivity index is 1.85. The first-order valence-electron chi connectivity index (χ1n) is 8.37. The summed E-state index contributed by atoms with van der Waals surface area (Å²) in [6.07, 6.45) is 3.63. The fraction of sp³-hybridized carbons (Fsp3) is 0. The quantitative estimate of drug-likeness (QED) is 0.325. The average Bonchev–Trinajstić information content (AvgIpc) is 2.69. The number of fused-ring (bicyclic) bond motifs is 4. The van der Waals surface area contributed by atoms with Crippen molar-refractivity contribution in [2.24, 2.45) is 0 Å². The molecule has 2 heterocycles. The van der Waals surface area contributed by atoms with Crippen molar-refractivity contribution in [1.29, 1.82) is 0 Å². The van der Waals surface area contributed by atoms with Gasteiger partial charge < -0.3 is 5.32 Å². The van der Waals surface area contributed by atoms with Crippen molar-refractivity contribution in [3.63, 3.8) is 0 Å². The van der Waals surface area contributed by atoms with Gasteiger partial charge >= 0.3 is 0 Å². The smallest absolute Gasteiger partial charge is 0.123 e. The van der Waals surface area contributed by atoms with Crippen LogP contribution < -0.4 is 5.32 Å². The fourth-order valence-corrected chi connectivity index (χ4v) is 3.33. The molecule has 26 heavy (non-hydrogen) atoms. The van der Waals surface area contributed by atoms with Crippen molar-refractivity contribution in [1.82, 2.24) is 9.97 Å². The van der Waals surface area contributed by atoms with Crippen LogP contribution in [0.15, 0.2) is 79.1 Å². The zero-order valence-electron chi connectivity index (χ0n) is 13.8. The lowest BCUT2D eigenvalue weighted by Crippen LogP contribution is -1.96. The van der Waals surface area contributed by atoms with Crippen molar-refractivity contribution in [2.75, 3.05) is 5.32 Å². The standard InChI is InChI=1S/C22H14FN3/c23-15-6-8-16(9-7-15)25-22-18-3-1-2-4-20(18)26-21-17-11-12-24-13-14(17)5-10-19(21)22/h1-13H,(H,25,26). The van der Waals surface area contributed by atoms with Gasteiger partial charge in [-0.1, -0.05) is 24.3 Å². The van der Waals surface area contributed by atoms with Crippen molar-refractivity contribution < 1.29 is 4.39 Å². The van der Waals surface area contributed by atoms with Gasteiger partial charge in [0.25, 0.3) is 0 Å². The minimum Gasteiger partial charge on any atom is -0.354 e. The summed E-state index contributed by atoms with van der Waals surface area (Å²) < 4.78 is 13.3. The first kappa shape index (κ1) is 14.8. The largest absolute Gasteiger partial charge is 0.354 e. The number of anilines is 2. The molecule has 124 valence electrons. The maximum Gasteiger partial charge on any atom is 0.123 e. The predicted molar refractivity (Wildman–Crippen MR) is 104 cm³/mol. The van der Waals surface area contributed by atoms with Crippen LogP contribution in [0, 0.1) is 5.82 Å². The zero-order chi connectivity index (χ0) is 17.5. The normalized spacial score (nSPS) is 11.3. The number of halogens is 1.